The zero-order chi connectivity index (χ0) is 43.3. The van der Waals surface area contributed by atoms with Crippen LogP contribution in [0, 0.1) is 26.3 Å². The molecule has 8 aromatic carbocycles. The maximum atomic E-state index is 8.34. The number of para-hydroxylation sites is 5. The van der Waals surface area contributed by atoms with Gasteiger partial charge in [0.15, 0.2) is 22.7 Å². The van der Waals surface area contributed by atoms with Crippen molar-refractivity contribution in [1.29, 1.82) is 0 Å². The number of rotatable bonds is 6. The molecule has 0 spiro atoms. The first-order valence-corrected chi connectivity index (χ1v) is 20.5. The minimum atomic E-state index is 0.301. The first-order chi connectivity index (χ1) is 31.6. The van der Waals surface area contributed by atoms with Crippen LogP contribution < -0.4 is 0 Å². The molecule has 0 aliphatic carbocycles. The molecule has 8 heteroatoms. The molecular weight excluding hydrogens is 785 g/mol. The van der Waals surface area contributed by atoms with Gasteiger partial charge < -0.3 is 9.13 Å². The number of hydrogen-bond acceptors (Lipinski definition) is 2. The Morgan fingerprint density at radius 1 is 0.344 bits per heavy atom. The van der Waals surface area contributed by atoms with Crippen molar-refractivity contribution in [3.63, 3.8) is 0 Å². The van der Waals surface area contributed by atoms with Crippen molar-refractivity contribution in [2.45, 2.75) is 0 Å². The Labute approximate surface area is 368 Å². The summed E-state index contributed by atoms with van der Waals surface area (Å²) in [5.74, 6) is 0.306. The highest BCUT2D eigenvalue weighted by Crippen LogP contribution is 2.45. The van der Waals surface area contributed by atoms with Crippen molar-refractivity contribution in [3.8, 4) is 56.4 Å². The summed E-state index contributed by atoms with van der Waals surface area (Å²) in [7, 11) is 0. The van der Waals surface area contributed by atoms with Gasteiger partial charge in [0.2, 0.25) is 0 Å². The van der Waals surface area contributed by atoms with Crippen molar-refractivity contribution in [2.75, 3.05) is 0 Å². The summed E-state index contributed by atoms with van der Waals surface area (Å²) in [5.41, 5.74) is 11.8. The van der Waals surface area contributed by atoms with E-state index in [0.29, 0.717) is 62.2 Å². The van der Waals surface area contributed by atoms with Crippen LogP contribution in [0.3, 0.4) is 0 Å². The predicted octanol–water partition coefficient (Wildman–Crippen LogP) is 15.5. The lowest BCUT2D eigenvalue weighted by molar-refractivity contribution is 1.17. The topological polar surface area (TPSA) is 53.1 Å². The molecule has 0 aliphatic rings. The molecule has 0 aliphatic heterocycles. The second-order valence-corrected chi connectivity index (χ2v) is 15.3. The molecule has 8 nitrogen and oxygen atoms in total. The third-order valence-corrected chi connectivity index (χ3v) is 11.8. The van der Waals surface area contributed by atoms with Gasteiger partial charge in [0, 0.05) is 44.0 Å². The van der Waals surface area contributed by atoms with Crippen LogP contribution in [-0.4, -0.2) is 19.1 Å². The first kappa shape index (κ1) is 37.4. The molecule has 3 aromatic heterocycles. The van der Waals surface area contributed by atoms with Gasteiger partial charge in [0.25, 0.3) is 0 Å². The van der Waals surface area contributed by atoms with Crippen molar-refractivity contribution < 1.29 is 0 Å². The number of fused-ring (bicyclic) bond motifs is 6. The van der Waals surface area contributed by atoms with E-state index in [1.807, 2.05) is 42.5 Å². The number of benzene rings is 8. The Hall–Kier alpha value is -9.60. The lowest BCUT2D eigenvalue weighted by atomic mass is 9.97. The first-order valence-electron chi connectivity index (χ1n) is 20.5. The Kier molecular flexibility index (Phi) is 8.85. The average molecular weight is 815 g/mol. The molecule has 64 heavy (non-hydrogen) atoms. The van der Waals surface area contributed by atoms with Crippen LogP contribution in [-0.2, 0) is 0 Å². The smallest absolute Gasteiger partial charge is 0.198 e. The Morgan fingerprint density at radius 2 is 0.797 bits per heavy atom. The highest BCUT2D eigenvalue weighted by molar-refractivity contribution is 6.12. The molecule has 0 N–H and O–H groups in total. The zero-order valence-corrected chi connectivity index (χ0v) is 33.9. The highest BCUT2D eigenvalue weighted by Gasteiger charge is 2.20. The molecule has 0 radical (unpaired) electrons. The van der Waals surface area contributed by atoms with Crippen LogP contribution in [0.2, 0.25) is 0 Å². The average Bonchev–Trinajstić information content (AvgIpc) is 3.88. The summed E-state index contributed by atoms with van der Waals surface area (Å²) in [6.45, 7) is 32.3. The molecule has 0 saturated carbocycles. The maximum absolute atomic E-state index is 8.34. The van der Waals surface area contributed by atoms with Crippen molar-refractivity contribution in [3.05, 3.63) is 228 Å². The SMILES string of the molecule is [C-]#[N+]c1ccccc1-c1cc(-c2cc([N+]#[C-])c(-c3ccc(-n4c5ccccc5c5cc(-n6c7ccccc7c7ccccc76)ccc54)cc3)c([N+]#[C-])c2)nc(-c2ccccc2[N+]#[C-])n1. The largest absolute Gasteiger partial charge is 0.309 e. The van der Waals surface area contributed by atoms with E-state index >= 15 is 0 Å². The van der Waals surface area contributed by atoms with Crippen molar-refractivity contribution >= 4 is 66.4 Å². The fourth-order valence-electron chi connectivity index (χ4n) is 8.99. The van der Waals surface area contributed by atoms with Crippen LogP contribution in [0.15, 0.2) is 182 Å². The summed E-state index contributed by atoms with van der Waals surface area (Å²) in [4.78, 5) is 25.1. The molecule has 0 unspecified atom stereocenters. The molecule has 11 rings (SSSR count). The summed E-state index contributed by atoms with van der Waals surface area (Å²) < 4.78 is 4.60. The molecule has 0 amide bonds. The minimum Gasteiger partial charge on any atom is -0.309 e. The van der Waals surface area contributed by atoms with Crippen LogP contribution in [0.5, 0.6) is 0 Å². The van der Waals surface area contributed by atoms with Gasteiger partial charge >= 0.3 is 0 Å². The lowest BCUT2D eigenvalue weighted by Gasteiger charge is -2.14. The summed E-state index contributed by atoms with van der Waals surface area (Å²) in [6.07, 6.45) is 0. The van der Waals surface area contributed by atoms with Gasteiger partial charge in [-0.2, -0.15) is 0 Å². The number of nitrogens with zero attached hydrogens (tertiary/aromatic N) is 8. The Morgan fingerprint density at radius 3 is 1.39 bits per heavy atom. The minimum absolute atomic E-state index is 0.301. The van der Waals surface area contributed by atoms with Crippen LogP contribution in [0.4, 0.5) is 22.7 Å². The van der Waals surface area contributed by atoms with E-state index in [1.54, 1.807) is 48.5 Å². The van der Waals surface area contributed by atoms with E-state index in [9.17, 15) is 0 Å². The van der Waals surface area contributed by atoms with E-state index in [-0.39, 0.29) is 0 Å². The van der Waals surface area contributed by atoms with Gasteiger partial charge in [-0.05, 0) is 83.4 Å². The van der Waals surface area contributed by atoms with E-state index in [4.69, 9.17) is 36.3 Å². The molecule has 0 saturated heterocycles. The molecular formula is C56H30N8. The monoisotopic (exact) mass is 814 g/mol. The van der Waals surface area contributed by atoms with Gasteiger partial charge in [-0.15, -0.1) is 0 Å². The fraction of sp³-hybridized carbons (Fsp3) is 0. The molecule has 0 atom stereocenters. The summed E-state index contributed by atoms with van der Waals surface area (Å²) in [5, 5.41) is 4.70. The van der Waals surface area contributed by atoms with Crippen LogP contribution in [0.1, 0.15) is 0 Å². The van der Waals surface area contributed by atoms with Crippen LogP contribution in [0.25, 0.3) is 119 Å². The molecule has 11 aromatic rings. The van der Waals surface area contributed by atoms with Gasteiger partial charge in [-0.3, -0.25) is 0 Å². The fourth-order valence-corrected chi connectivity index (χ4v) is 8.99. The standard InChI is InChI=1S/C56H30N8/c1-57-45-20-10-5-18-42(45)48-34-47(61-56(62-48)43-19-6-11-21-46(43)58-2)36-31-49(59-3)55(50(32-36)60-4)35-25-27-37(28-26-35)63-53-24-14-9-17-41(53)44-33-38(29-30-54(44)63)64-51-22-12-7-15-39(51)40-16-8-13-23-52(40)64/h5-34H. The third-order valence-electron chi connectivity index (χ3n) is 11.8. The lowest BCUT2D eigenvalue weighted by Crippen LogP contribution is -1.97. The maximum Gasteiger partial charge on any atom is 0.198 e. The van der Waals surface area contributed by atoms with Crippen LogP contribution >= 0.6 is 0 Å². The second kappa shape index (κ2) is 15.1. The number of hydrogen-bond donors (Lipinski definition) is 0. The van der Waals surface area contributed by atoms with Gasteiger partial charge in [-0.1, -0.05) is 115 Å². The van der Waals surface area contributed by atoms with Gasteiger partial charge in [0.1, 0.15) is 5.82 Å². The van der Waals surface area contributed by atoms with E-state index < -0.39 is 0 Å². The zero-order valence-electron chi connectivity index (χ0n) is 33.9. The normalized spacial score (nSPS) is 11.1. The quantitative estimate of drug-likeness (QED) is 0.157. The molecule has 0 fully saturated rings. The number of aromatic nitrogens is 4. The van der Waals surface area contributed by atoms with E-state index in [2.05, 4.69) is 120 Å². The Balaban J connectivity index is 1.02. The third kappa shape index (κ3) is 5.96. The summed E-state index contributed by atoms with van der Waals surface area (Å²) in [6, 6.07) is 59.8. The van der Waals surface area contributed by atoms with E-state index in [1.165, 1.54) is 10.8 Å². The Bertz CT molecular complexity index is 3730. The van der Waals surface area contributed by atoms with Crippen molar-refractivity contribution in [1.82, 2.24) is 19.1 Å². The summed E-state index contributed by atoms with van der Waals surface area (Å²) >= 11 is 0. The molecule has 0 bridgehead atoms. The highest BCUT2D eigenvalue weighted by atomic mass is 15.0. The van der Waals surface area contributed by atoms with Gasteiger partial charge in [-0.25, -0.2) is 29.3 Å². The molecule has 3 heterocycles. The second-order valence-electron chi connectivity index (χ2n) is 15.3. The van der Waals surface area contributed by atoms with Gasteiger partial charge in [0.05, 0.1) is 59.7 Å². The van der Waals surface area contributed by atoms with Crippen molar-refractivity contribution in [2.24, 2.45) is 0 Å². The van der Waals surface area contributed by atoms with E-state index in [0.717, 1.165) is 49.8 Å². The molecule has 294 valence electrons. The predicted molar refractivity (Wildman–Crippen MR) is 258 cm³/mol.